The summed E-state index contributed by atoms with van der Waals surface area (Å²) in [6.07, 6.45) is -4.24. The van der Waals surface area contributed by atoms with Gasteiger partial charge in [0.2, 0.25) is 0 Å². The molecule has 0 aliphatic carbocycles. The van der Waals surface area contributed by atoms with Crippen molar-refractivity contribution in [2.24, 2.45) is 5.14 Å². The zero-order valence-corrected chi connectivity index (χ0v) is 15.1. The molecule has 0 aromatic rings. The van der Waals surface area contributed by atoms with Crippen molar-refractivity contribution in [1.29, 1.82) is 0 Å². The number of nitrogens with two attached hydrogens (primary N) is 1. The number of ether oxygens (including phenoxy) is 5. The smallest absolute Gasteiger partial charge is 0.303 e. The number of hydrogen-bond acceptors (Lipinski definition) is 11. The molecule has 0 spiro atoms. The molecule has 0 aromatic heterocycles. The second-order valence-electron chi connectivity index (χ2n) is 5.20. The predicted molar refractivity (Wildman–Crippen MR) is 83.7 cm³/mol. The van der Waals surface area contributed by atoms with Gasteiger partial charge in [-0.25, -0.2) is 0 Å². The van der Waals surface area contributed by atoms with Gasteiger partial charge in [0.1, 0.15) is 12.7 Å². The quantitative estimate of drug-likeness (QED) is 0.353. The first-order valence-electron chi connectivity index (χ1n) is 7.31. The van der Waals surface area contributed by atoms with Gasteiger partial charge in [0.25, 0.3) is 0 Å². The van der Waals surface area contributed by atoms with E-state index in [-0.39, 0.29) is 6.61 Å². The lowest BCUT2D eigenvalue weighted by Gasteiger charge is -2.27. The van der Waals surface area contributed by atoms with E-state index in [4.69, 9.17) is 28.8 Å². The minimum Gasteiger partial charge on any atom is -0.462 e. The van der Waals surface area contributed by atoms with Gasteiger partial charge in [0.15, 0.2) is 23.7 Å². The van der Waals surface area contributed by atoms with E-state index >= 15 is 0 Å². The highest BCUT2D eigenvalue weighted by molar-refractivity contribution is 7.97. The standard InChI is InChI=1S/C14H21NO9S/c1-6(16)20-5-10(21-7(2)17)11-12(22-8(3)18)13(23-9(4)19)14(24-11)25-15/h10-14H,5,15H2,1-4H3/t10-,11+,12+,13-,14+/m1/s1. The molecule has 1 saturated heterocycles. The molecule has 11 heteroatoms. The van der Waals surface area contributed by atoms with Crippen molar-refractivity contribution in [2.45, 2.75) is 57.5 Å². The van der Waals surface area contributed by atoms with E-state index in [2.05, 4.69) is 0 Å². The van der Waals surface area contributed by atoms with Gasteiger partial charge >= 0.3 is 23.9 Å². The topological polar surface area (TPSA) is 140 Å². The Morgan fingerprint density at radius 3 is 1.96 bits per heavy atom. The zero-order chi connectivity index (χ0) is 19.1. The van der Waals surface area contributed by atoms with Crippen molar-refractivity contribution in [3.8, 4) is 0 Å². The maximum atomic E-state index is 11.4. The fourth-order valence-electron chi connectivity index (χ4n) is 2.31. The molecule has 1 aliphatic heterocycles. The Balaban J connectivity index is 3.10. The van der Waals surface area contributed by atoms with Crippen LogP contribution in [0.5, 0.6) is 0 Å². The van der Waals surface area contributed by atoms with E-state index in [0.717, 1.165) is 25.8 Å². The van der Waals surface area contributed by atoms with Crippen LogP contribution in [0.25, 0.3) is 0 Å². The van der Waals surface area contributed by atoms with E-state index in [9.17, 15) is 19.2 Å². The highest BCUT2D eigenvalue weighted by Gasteiger charge is 2.53. The molecule has 0 radical (unpaired) electrons. The Hall–Kier alpha value is -1.85. The second-order valence-corrected chi connectivity index (χ2v) is 5.94. The van der Waals surface area contributed by atoms with Gasteiger partial charge in [0.05, 0.1) is 0 Å². The molecule has 1 fully saturated rings. The van der Waals surface area contributed by atoms with Crippen LogP contribution >= 0.6 is 11.9 Å². The lowest BCUT2D eigenvalue weighted by molar-refractivity contribution is -0.176. The summed E-state index contributed by atoms with van der Waals surface area (Å²) in [6, 6.07) is 0. The van der Waals surface area contributed by atoms with Gasteiger partial charge in [-0.2, -0.15) is 0 Å². The van der Waals surface area contributed by atoms with Gasteiger partial charge < -0.3 is 23.7 Å². The Labute approximate surface area is 148 Å². The van der Waals surface area contributed by atoms with E-state index < -0.39 is 53.7 Å². The Morgan fingerprint density at radius 1 is 0.960 bits per heavy atom. The SMILES string of the molecule is CC(=O)OC[C@@H](OC(C)=O)[C@@H]1O[C@@H](SN)[C@H](OC(C)=O)[C@H]1OC(C)=O. The Morgan fingerprint density at radius 2 is 1.52 bits per heavy atom. The highest BCUT2D eigenvalue weighted by atomic mass is 32.2. The van der Waals surface area contributed by atoms with E-state index in [1.54, 1.807) is 0 Å². The van der Waals surface area contributed by atoms with Gasteiger partial charge in [-0.05, 0) is 11.9 Å². The summed E-state index contributed by atoms with van der Waals surface area (Å²) in [7, 11) is 0. The van der Waals surface area contributed by atoms with Crippen LogP contribution in [0.3, 0.4) is 0 Å². The molecule has 0 aromatic carbocycles. The number of carbonyl (C=O) groups is 4. The van der Waals surface area contributed by atoms with Crippen LogP contribution < -0.4 is 5.14 Å². The molecule has 0 unspecified atom stereocenters. The van der Waals surface area contributed by atoms with Gasteiger partial charge in [-0.1, -0.05) is 0 Å². The molecule has 25 heavy (non-hydrogen) atoms. The molecule has 0 bridgehead atoms. The van der Waals surface area contributed by atoms with E-state index in [0.29, 0.717) is 0 Å². The molecule has 142 valence electrons. The molecule has 5 atom stereocenters. The molecular weight excluding hydrogens is 358 g/mol. The number of rotatable bonds is 7. The monoisotopic (exact) mass is 379 g/mol. The largest absolute Gasteiger partial charge is 0.462 e. The van der Waals surface area contributed by atoms with Crippen LogP contribution in [-0.2, 0) is 42.9 Å². The summed E-state index contributed by atoms with van der Waals surface area (Å²) < 4.78 is 26.0. The summed E-state index contributed by atoms with van der Waals surface area (Å²) in [5, 5.41) is 5.55. The van der Waals surface area contributed by atoms with Crippen molar-refractivity contribution in [2.75, 3.05) is 6.61 Å². The van der Waals surface area contributed by atoms with Crippen molar-refractivity contribution in [1.82, 2.24) is 0 Å². The van der Waals surface area contributed by atoms with Crippen molar-refractivity contribution < 1.29 is 42.9 Å². The van der Waals surface area contributed by atoms with E-state index in [1.807, 2.05) is 0 Å². The minimum absolute atomic E-state index is 0.327. The molecule has 1 aliphatic rings. The van der Waals surface area contributed by atoms with Crippen LogP contribution in [0, 0.1) is 0 Å². The third-order valence-corrected chi connectivity index (χ3v) is 3.73. The molecule has 10 nitrogen and oxygen atoms in total. The van der Waals surface area contributed by atoms with Crippen molar-refractivity contribution in [3.05, 3.63) is 0 Å². The number of carbonyl (C=O) groups excluding carboxylic acids is 4. The lowest BCUT2D eigenvalue weighted by atomic mass is 10.1. The zero-order valence-electron chi connectivity index (χ0n) is 14.3. The number of hydrogen-bond donors (Lipinski definition) is 1. The van der Waals surface area contributed by atoms with Crippen LogP contribution in [0.4, 0.5) is 0 Å². The molecule has 0 amide bonds. The van der Waals surface area contributed by atoms with Gasteiger partial charge in [0, 0.05) is 27.7 Å². The summed E-state index contributed by atoms with van der Waals surface area (Å²) in [5.41, 5.74) is -0.867. The average molecular weight is 379 g/mol. The van der Waals surface area contributed by atoms with Gasteiger partial charge in [-0.15, -0.1) is 0 Å². The maximum Gasteiger partial charge on any atom is 0.303 e. The van der Waals surface area contributed by atoms with Crippen LogP contribution in [-0.4, -0.2) is 60.3 Å². The van der Waals surface area contributed by atoms with Crippen molar-refractivity contribution >= 4 is 35.8 Å². The first-order chi connectivity index (χ1) is 11.6. The fraction of sp³-hybridized carbons (Fsp3) is 0.714. The van der Waals surface area contributed by atoms with E-state index in [1.165, 1.54) is 13.8 Å². The molecular formula is C14H21NO9S. The predicted octanol–water partition coefficient (Wildman–Crippen LogP) is -0.324. The van der Waals surface area contributed by atoms with Crippen LogP contribution in [0.1, 0.15) is 27.7 Å². The summed E-state index contributed by atoms with van der Waals surface area (Å²) in [4.78, 5) is 45.2. The molecule has 0 saturated carbocycles. The molecule has 1 heterocycles. The summed E-state index contributed by atoms with van der Waals surface area (Å²) in [6.45, 7) is 4.36. The molecule has 2 N–H and O–H groups in total. The average Bonchev–Trinajstić information content (AvgIpc) is 2.79. The lowest BCUT2D eigenvalue weighted by Crippen LogP contribution is -2.46. The van der Waals surface area contributed by atoms with Crippen LogP contribution in [0.2, 0.25) is 0 Å². The van der Waals surface area contributed by atoms with Gasteiger partial charge in [-0.3, -0.25) is 24.3 Å². The van der Waals surface area contributed by atoms with Crippen LogP contribution in [0.15, 0.2) is 0 Å². The second kappa shape index (κ2) is 9.59. The fourth-order valence-corrected chi connectivity index (χ4v) is 2.87. The van der Waals surface area contributed by atoms with Crippen molar-refractivity contribution in [3.63, 3.8) is 0 Å². The highest BCUT2D eigenvalue weighted by Crippen LogP contribution is 2.34. The maximum absolute atomic E-state index is 11.4. The Kier molecular flexibility index (Phi) is 8.13. The first kappa shape index (κ1) is 21.2. The third kappa shape index (κ3) is 6.52. The third-order valence-electron chi connectivity index (χ3n) is 3.08. The summed E-state index contributed by atoms with van der Waals surface area (Å²) >= 11 is 0.739. The Bertz CT molecular complexity index is 526. The molecule has 1 rings (SSSR count). The number of esters is 4. The normalized spacial score (nSPS) is 26.4. The first-order valence-corrected chi connectivity index (χ1v) is 8.26. The summed E-state index contributed by atoms with van der Waals surface area (Å²) in [5.74, 6) is -2.54. The minimum atomic E-state index is -1.10.